The molecule has 0 aliphatic heterocycles. The van der Waals surface area contributed by atoms with E-state index in [1.807, 2.05) is 0 Å². The molecule has 0 N–H and O–H groups in total. The van der Waals surface area contributed by atoms with Crippen LogP contribution in [-0.2, 0) is 0 Å². The van der Waals surface area contributed by atoms with Gasteiger partial charge in [0.25, 0.3) is 0 Å². The molecule has 0 unspecified atom stereocenters. The smallest absolute Gasteiger partial charge is 0.0113 e. The average molecular weight is 150 g/mol. The van der Waals surface area contributed by atoms with Crippen molar-refractivity contribution in [3.8, 4) is 0 Å². The first-order chi connectivity index (χ1) is 5.20. The number of fused-ring (bicyclic) bond motifs is 2. The Hall–Kier alpha value is -0.260. The van der Waals surface area contributed by atoms with Gasteiger partial charge in [-0.05, 0) is 57.3 Å². The van der Waals surface area contributed by atoms with Crippen molar-refractivity contribution in [3.05, 3.63) is 11.6 Å². The zero-order chi connectivity index (χ0) is 7.90. The first-order valence-electron chi connectivity index (χ1n) is 4.86. The Morgan fingerprint density at radius 3 is 2.27 bits per heavy atom. The van der Waals surface area contributed by atoms with Crippen LogP contribution in [0.2, 0.25) is 0 Å². The molecule has 0 radical (unpaired) electrons. The van der Waals surface area contributed by atoms with E-state index in [1.165, 1.54) is 37.7 Å². The lowest BCUT2D eigenvalue weighted by molar-refractivity contribution is 0.381. The SMILES string of the molecule is CC(C)=CC12CCC(CC1)C2. The molecule has 0 spiro atoms. The quantitative estimate of drug-likeness (QED) is 0.502. The molecule has 2 aliphatic rings. The molecular formula is C11H18. The molecule has 0 heteroatoms. The second-order valence-electron chi connectivity index (χ2n) is 4.73. The van der Waals surface area contributed by atoms with Gasteiger partial charge in [0.2, 0.25) is 0 Å². The fourth-order valence-corrected chi connectivity index (χ4v) is 3.05. The van der Waals surface area contributed by atoms with Gasteiger partial charge < -0.3 is 0 Å². The molecule has 2 saturated carbocycles. The minimum absolute atomic E-state index is 0.670. The van der Waals surface area contributed by atoms with Crippen LogP contribution in [0.15, 0.2) is 11.6 Å². The minimum Gasteiger partial charge on any atom is -0.0799 e. The third-order valence-electron chi connectivity index (χ3n) is 3.39. The van der Waals surface area contributed by atoms with E-state index in [4.69, 9.17) is 0 Å². The number of hydrogen-bond donors (Lipinski definition) is 0. The molecule has 0 nitrogen and oxygen atoms in total. The Labute approximate surface area is 69.7 Å². The van der Waals surface area contributed by atoms with Crippen molar-refractivity contribution in [1.29, 1.82) is 0 Å². The van der Waals surface area contributed by atoms with E-state index in [0.29, 0.717) is 5.41 Å². The van der Waals surface area contributed by atoms with Crippen LogP contribution in [0.3, 0.4) is 0 Å². The summed E-state index contributed by atoms with van der Waals surface area (Å²) in [5.74, 6) is 1.09. The Morgan fingerprint density at radius 1 is 1.27 bits per heavy atom. The maximum atomic E-state index is 2.54. The maximum absolute atomic E-state index is 2.54. The largest absolute Gasteiger partial charge is 0.0799 e. The molecule has 0 aromatic rings. The van der Waals surface area contributed by atoms with Crippen LogP contribution in [0.1, 0.15) is 46.0 Å². The summed E-state index contributed by atoms with van der Waals surface area (Å²) < 4.78 is 0. The predicted molar refractivity (Wildman–Crippen MR) is 48.4 cm³/mol. The van der Waals surface area contributed by atoms with Crippen LogP contribution in [0.4, 0.5) is 0 Å². The zero-order valence-corrected chi connectivity index (χ0v) is 7.69. The van der Waals surface area contributed by atoms with Gasteiger partial charge in [0.05, 0.1) is 0 Å². The van der Waals surface area contributed by atoms with Crippen molar-refractivity contribution in [1.82, 2.24) is 0 Å². The Kier molecular flexibility index (Phi) is 1.59. The summed E-state index contributed by atoms with van der Waals surface area (Å²) in [7, 11) is 0. The summed E-state index contributed by atoms with van der Waals surface area (Å²) in [5.41, 5.74) is 2.19. The van der Waals surface area contributed by atoms with Crippen LogP contribution in [-0.4, -0.2) is 0 Å². The molecule has 0 atom stereocenters. The second-order valence-corrected chi connectivity index (χ2v) is 4.73. The lowest BCUT2D eigenvalue weighted by atomic mass is 9.83. The fourth-order valence-electron chi connectivity index (χ4n) is 3.05. The molecule has 2 fully saturated rings. The molecule has 2 aliphatic carbocycles. The van der Waals surface area contributed by atoms with Crippen molar-refractivity contribution >= 4 is 0 Å². The van der Waals surface area contributed by atoms with E-state index in [9.17, 15) is 0 Å². The van der Waals surface area contributed by atoms with Crippen molar-refractivity contribution in [2.24, 2.45) is 11.3 Å². The van der Waals surface area contributed by atoms with Crippen LogP contribution < -0.4 is 0 Å². The monoisotopic (exact) mass is 150 g/mol. The van der Waals surface area contributed by atoms with E-state index >= 15 is 0 Å². The van der Waals surface area contributed by atoms with Crippen LogP contribution in [0, 0.1) is 11.3 Å². The summed E-state index contributed by atoms with van der Waals surface area (Å²) in [6, 6.07) is 0. The first-order valence-corrected chi connectivity index (χ1v) is 4.86. The van der Waals surface area contributed by atoms with Crippen molar-refractivity contribution < 1.29 is 0 Å². The summed E-state index contributed by atoms with van der Waals surface area (Å²) in [5, 5.41) is 0. The van der Waals surface area contributed by atoms with E-state index in [2.05, 4.69) is 19.9 Å². The molecule has 0 aromatic heterocycles. The lowest BCUT2D eigenvalue weighted by Crippen LogP contribution is -2.10. The average Bonchev–Trinajstić information content (AvgIpc) is 2.43. The van der Waals surface area contributed by atoms with Crippen LogP contribution >= 0.6 is 0 Å². The Morgan fingerprint density at radius 2 is 1.91 bits per heavy atom. The van der Waals surface area contributed by atoms with E-state index in [1.54, 1.807) is 0 Å². The molecule has 2 rings (SSSR count). The van der Waals surface area contributed by atoms with Crippen molar-refractivity contribution in [2.45, 2.75) is 46.0 Å². The van der Waals surface area contributed by atoms with Gasteiger partial charge >= 0.3 is 0 Å². The fraction of sp³-hybridized carbons (Fsp3) is 0.818. The van der Waals surface area contributed by atoms with Gasteiger partial charge in [0.1, 0.15) is 0 Å². The van der Waals surface area contributed by atoms with Gasteiger partial charge in [-0.25, -0.2) is 0 Å². The van der Waals surface area contributed by atoms with Crippen LogP contribution in [0.25, 0.3) is 0 Å². The number of hydrogen-bond acceptors (Lipinski definition) is 0. The molecule has 0 aromatic carbocycles. The zero-order valence-electron chi connectivity index (χ0n) is 7.69. The highest BCUT2D eigenvalue weighted by Gasteiger charge is 2.42. The highest BCUT2D eigenvalue weighted by Crippen LogP contribution is 2.55. The van der Waals surface area contributed by atoms with Gasteiger partial charge in [0.15, 0.2) is 0 Å². The molecule has 62 valence electrons. The molecule has 0 amide bonds. The van der Waals surface area contributed by atoms with Gasteiger partial charge in [0, 0.05) is 0 Å². The predicted octanol–water partition coefficient (Wildman–Crippen LogP) is 3.53. The van der Waals surface area contributed by atoms with E-state index < -0.39 is 0 Å². The molecular weight excluding hydrogens is 132 g/mol. The van der Waals surface area contributed by atoms with E-state index in [-0.39, 0.29) is 0 Å². The summed E-state index contributed by atoms with van der Waals surface area (Å²) in [4.78, 5) is 0. The lowest BCUT2D eigenvalue weighted by Gasteiger charge is -2.22. The topological polar surface area (TPSA) is 0 Å². The highest BCUT2D eigenvalue weighted by atomic mass is 14.5. The number of rotatable bonds is 1. The molecule has 0 saturated heterocycles. The normalized spacial score (nSPS) is 41.1. The maximum Gasteiger partial charge on any atom is -0.0113 e. The first kappa shape index (κ1) is 7.39. The van der Waals surface area contributed by atoms with E-state index in [0.717, 1.165) is 5.92 Å². The Balaban J connectivity index is 2.17. The van der Waals surface area contributed by atoms with Crippen molar-refractivity contribution in [2.75, 3.05) is 0 Å². The highest BCUT2D eigenvalue weighted by molar-refractivity contribution is 5.11. The molecule has 0 heterocycles. The third-order valence-corrected chi connectivity index (χ3v) is 3.39. The van der Waals surface area contributed by atoms with Gasteiger partial charge in [-0.1, -0.05) is 11.6 Å². The van der Waals surface area contributed by atoms with Gasteiger partial charge in [-0.3, -0.25) is 0 Å². The van der Waals surface area contributed by atoms with Crippen LogP contribution in [0.5, 0.6) is 0 Å². The number of allylic oxidation sites excluding steroid dienone is 2. The minimum atomic E-state index is 0.670. The van der Waals surface area contributed by atoms with Gasteiger partial charge in [-0.15, -0.1) is 0 Å². The Bertz CT molecular complexity index is 176. The second kappa shape index (κ2) is 2.36. The summed E-state index contributed by atoms with van der Waals surface area (Å²) >= 11 is 0. The standard InChI is InChI=1S/C11H18/c1-9(2)7-11-5-3-10(8-11)4-6-11/h7,10H,3-6,8H2,1-2H3. The van der Waals surface area contributed by atoms with Gasteiger partial charge in [-0.2, -0.15) is 0 Å². The summed E-state index contributed by atoms with van der Waals surface area (Å²) in [6.07, 6.45) is 10.00. The molecule has 11 heavy (non-hydrogen) atoms. The summed E-state index contributed by atoms with van der Waals surface area (Å²) in [6.45, 7) is 4.47. The third kappa shape index (κ3) is 1.23. The van der Waals surface area contributed by atoms with Crippen molar-refractivity contribution in [3.63, 3.8) is 0 Å². The molecule has 2 bridgehead atoms.